The van der Waals surface area contributed by atoms with Crippen LogP contribution in [0.2, 0.25) is 5.15 Å². The van der Waals surface area contributed by atoms with E-state index in [0.717, 1.165) is 5.56 Å². The molecule has 1 heterocycles. The van der Waals surface area contributed by atoms with Crippen LogP contribution < -0.4 is 0 Å². The lowest BCUT2D eigenvalue weighted by molar-refractivity contribution is 0.0821. The average molecular weight is 199 g/mol. The number of carbonyl (C=O) groups excluding carboxylic acids is 1. The molecule has 13 heavy (non-hydrogen) atoms. The molecule has 0 aliphatic heterocycles. The summed E-state index contributed by atoms with van der Waals surface area (Å²) in [6.07, 6.45) is 0. The lowest BCUT2D eigenvalue weighted by atomic mass is 10.2. The van der Waals surface area contributed by atoms with Crippen LogP contribution in [0.5, 0.6) is 0 Å². The van der Waals surface area contributed by atoms with Gasteiger partial charge in [-0.15, -0.1) is 0 Å². The Balaban J connectivity index is 3.13. The Morgan fingerprint density at radius 1 is 1.46 bits per heavy atom. The molecule has 0 fully saturated rings. The Hall–Kier alpha value is -1.09. The van der Waals surface area contributed by atoms with Crippen LogP contribution in [0.25, 0.3) is 0 Å². The summed E-state index contributed by atoms with van der Waals surface area (Å²) < 4.78 is 0. The van der Waals surface area contributed by atoms with E-state index in [-0.39, 0.29) is 5.91 Å². The first kappa shape index (κ1) is 9.99. The summed E-state index contributed by atoms with van der Waals surface area (Å²) in [6, 6.07) is 3.45. The number of amides is 1. The van der Waals surface area contributed by atoms with E-state index in [4.69, 9.17) is 11.6 Å². The standard InChI is InChI=1S/C9H11ClN2O/c1-6-4-5-7(10)11-8(6)9(13)12(2)3/h4-5H,1-3H3. The molecule has 1 aromatic heterocycles. The number of rotatable bonds is 1. The highest BCUT2D eigenvalue weighted by molar-refractivity contribution is 6.29. The van der Waals surface area contributed by atoms with E-state index in [1.54, 1.807) is 26.2 Å². The van der Waals surface area contributed by atoms with Crippen molar-refractivity contribution in [2.24, 2.45) is 0 Å². The summed E-state index contributed by atoms with van der Waals surface area (Å²) in [5.41, 5.74) is 1.25. The maximum Gasteiger partial charge on any atom is 0.272 e. The Kier molecular flexibility index (Phi) is 2.88. The lowest BCUT2D eigenvalue weighted by Crippen LogP contribution is -2.23. The van der Waals surface area contributed by atoms with Crippen LogP contribution in [-0.4, -0.2) is 29.9 Å². The Morgan fingerprint density at radius 3 is 2.62 bits per heavy atom. The third-order valence-electron chi connectivity index (χ3n) is 1.67. The fraction of sp³-hybridized carbons (Fsp3) is 0.333. The highest BCUT2D eigenvalue weighted by Gasteiger charge is 2.12. The quantitative estimate of drug-likeness (QED) is 0.645. The van der Waals surface area contributed by atoms with Crippen LogP contribution in [0.4, 0.5) is 0 Å². The first-order valence-corrected chi connectivity index (χ1v) is 4.25. The van der Waals surface area contributed by atoms with E-state index in [1.165, 1.54) is 4.90 Å². The SMILES string of the molecule is Cc1ccc(Cl)nc1C(=O)N(C)C. The van der Waals surface area contributed by atoms with Gasteiger partial charge in [-0.3, -0.25) is 4.79 Å². The van der Waals surface area contributed by atoms with Crippen molar-refractivity contribution in [1.29, 1.82) is 0 Å². The molecule has 0 aliphatic rings. The van der Waals surface area contributed by atoms with E-state index in [1.807, 2.05) is 6.92 Å². The average Bonchev–Trinajstić information content (AvgIpc) is 2.08. The van der Waals surface area contributed by atoms with Gasteiger partial charge in [0.15, 0.2) is 0 Å². The molecular weight excluding hydrogens is 188 g/mol. The Morgan fingerprint density at radius 2 is 2.08 bits per heavy atom. The van der Waals surface area contributed by atoms with Crippen LogP contribution in [0.1, 0.15) is 16.1 Å². The summed E-state index contributed by atoms with van der Waals surface area (Å²) in [7, 11) is 3.37. The zero-order chi connectivity index (χ0) is 10.0. The van der Waals surface area contributed by atoms with Crippen LogP contribution in [-0.2, 0) is 0 Å². The van der Waals surface area contributed by atoms with Crippen molar-refractivity contribution in [2.45, 2.75) is 6.92 Å². The number of aromatic nitrogens is 1. The zero-order valence-electron chi connectivity index (χ0n) is 7.84. The third-order valence-corrected chi connectivity index (χ3v) is 1.88. The Bertz CT molecular complexity index is 336. The lowest BCUT2D eigenvalue weighted by Gasteiger charge is -2.11. The van der Waals surface area contributed by atoms with Gasteiger partial charge in [-0.1, -0.05) is 17.7 Å². The van der Waals surface area contributed by atoms with Gasteiger partial charge in [0.1, 0.15) is 10.8 Å². The second kappa shape index (κ2) is 3.75. The molecule has 1 rings (SSSR count). The highest BCUT2D eigenvalue weighted by Crippen LogP contribution is 2.11. The van der Waals surface area contributed by atoms with Crippen molar-refractivity contribution in [3.05, 3.63) is 28.5 Å². The molecule has 1 aromatic rings. The van der Waals surface area contributed by atoms with E-state index in [2.05, 4.69) is 4.98 Å². The first-order valence-electron chi connectivity index (χ1n) is 3.87. The van der Waals surface area contributed by atoms with Gasteiger partial charge in [0, 0.05) is 14.1 Å². The summed E-state index contributed by atoms with van der Waals surface area (Å²) in [5.74, 6) is -0.125. The van der Waals surface area contributed by atoms with Gasteiger partial charge in [-0.25, -0.2) is 4.98 Å². The van der Waals surface area contributed by atoms with E-state index < -0.39 is 0 Å². The van der Waals surface area contributed by atoms with E-state index in [9.17, 15) is 4.79 Å². The Labute approximate surface area is 82.3 Å². The predicted molar refractivity (Wildman–Crippen MR) is 52.0 cm³/mol. The van der Waals surface area contributed by atoms with Crippen molar-refractivity contribution < 1.29 is 4.79 Å². The second-order valence-corrected chi connectivity index (χ2v) is 3.39. The molecule has 0 radical (unpaired) electrons. The normalized spacial score (nSPS) is 9.85. The summed E-state index contributed by atoms with van der Waals surface area (Å²) in [4.78, 5) is 17.0. The van der Waals surface area contributed by atoms with E-state index >= 15 is 0 Å². The predicted octanol–water partition coefficient (Wildman–Crippen LogP) is 1.75. The molecule has 0 bridgehead atoms. The molecule has 0 saturated carbocycles. The summed E-state index contributed by atoms with van der Waals surface area (Å²) in [6.45, 7) is 1.83. The van der Waals surface area contributed by atoms with Gasteiger partial charge in [-0.2, -0.15) is 0 Å². The van der Waals surface area contributed by atoms with Crippen molar-refractivity contribution >= 4 is 17.5 Å². The van der Waals surface area contributed by atoms with Gasteiger partial charge in [0.2, 0.25) is 0 Å². The highest BCUT2D eigenvalue weighted by atomic mass is 35.5. The molecule has 4 heteroatoms. The number of nitrogens with zero attached hydrogens (tertiary/aromatic N) is 2. The minimum absolute atomic E-state index is 0.125. The first-order chi connectivity index (χ1) is 6.02. The largest absolute Gasteiger partial charge is 0.343 e. The fourth-order valence-electron chi connectivity index (χ4n) is 0.933. The van der Waals surface area contributed by atoms with Crippen molar-refractivity contribution in [1.82, 2.24) is 9.88 Å². The number of hydrogen-bond acceptors (Lipinski definition) is 2. The number of pyridine rings is 1. The number of halogens is 1. The van der Waals surface area contributed by atoms with Crippen molar-refractivity contribution in [3.8, 4) is 0 Å². The molecule has 0 aromatic carbocycles. The number of aryl methyl sites for hydroxylation is 1. The monoisotopic (exact) mass is 198 g/mol. The molecule has 0 spiro atoms. The van der Waals surface area contributed by atoms with Crippen LogP contribution >= 0.6 is 11.6 Å². The van der Waals surface area contributed by atoms with Crippen molar-refractivity contribution in [3.63, 3.8) is 0 Å². The molecule has 0 unspecified atom stereocenters. The fourth-order valence-corrected chi connectivity index (χ4v) is 1.08. The van der Waals surface area contributed by atoms with Crippen LogP contribution in [0.15, 0.2) is 12.1 Å². The van der Waals surface area contributed by atoms with Gasteiger partial charge in [-0.05, 0) is 18.6 Å². The van der Waals surface area contributed by atoms with E-state index in [0.29, 0.717) is 10.8 Å². The third kappa shape index (κ3) is 2.18. The molecule has 70 valence electrons. The van der Waals surface area contributed by atoms with Gasteiger partial charge < -0.3 is 4.90 Å². The maximum atomic E-state index is 11.5. The molecular formula is C9H11ClN2O. The molecule has 1 amide bonds. The summed E-state index contributed by atoms with van der Waals surface area (Å²) in [5, 5.41) is 0.343. The van der Waals surface area contributed by atoms with Crippen LogP contribution in [0, 0.1) is 6.92 Å². The molecule has 0 N–H and O–H groups in total. The van der Waals surface area contributed by atoms with Crippen LogP contribution in [0.3, 0.4) is 0 Å². The smallest absolute Gasteiger partial charge is 0.272 e. The van der Waals surface area contributed by atoms with Crippen molar-refractivity contribution in [2.75, 3.05) is 14.1 Å². The van der Waals surface area contributed by atoms with Gasteiger partial charge >= 0.3 is 0 Å². The van der Waals surface area contributed by atoms with Gasteiger partial charge in [0.05, 0.1) is 0 Å². The molecule has 0 aliphatic carbocycles. The molecule has 3 nitrogen and oxygen atoms in total. The topological polar surface area (TPSA) is 33.2 Å². The minimum Gasteiger partial charge on any atom is -0.343 e. The minimum atomic E-state index is -0.125. The number of carbonyl (C=O) groups is 1. The second-order valence-electron chi connectivity index (χ2n) is 3.00. The summed E-state index contributed by atoms with van der Waals surface area (Å²) >= 11 is 5.68. The molecule has 0 atom stereocenters. The number of hydrogen-bond donors (Lipinski definition) is 0. The zero-order valence-corrected chi connectivity index (χ0v) is 8.59. The maximum absolute atomic E-state index is 11.5. The molecule has 0 saturated heterocycles. The van der Waals surface area contributed by atoms with Gasteiger partial charge in [0.25, 0.3) is 5.91 Å².